The molecule has 0 saturated carbocycles. The van der Waals surface area contributed by atoms with Gasteiger partial charge in [-0.1, -0.05) is 168 Å². The van der Waals surface area contributed by atoms with E-state index in [4.69, 9.17) is 18.9 Å². The number of aryl methyl sites for hydroxylation is 1. The first-order valence-electron chi connectivity index (χ1n) is 24.6. The van der Waals surface area contributed by atoms with Gasteiger partial charge >= 0.3 is 23.9 Å². The normalized spacial score (nSPS) is 15.1. The average molecular weight is 854 g/mol. The van der Waals surface area contributed by atoms with Crippen LogP contribution in [-0.2, 0) is 45.2 Å². The zero-order chi connectivity index (χ0) is 44.3. The molecule has 2 atom stereocenters. The fourth-order valence-corrected chi connectivity index (χ4v) is 8.24. The quantitative estimate of drug-likeness (QED) is 0.0281. The van der Waals surface area contributed by atoms with Gasteiger partial charge in [-0.3, -0.25) is 19.4 Å². The summed E-state index contributed by atoms with van der Waals surface area (Å²) in [4.78, 5) is 56.7. The summed E-state index contributed by atoms with van der Waals surface area (Å²) >= 11 is 0. The van der Waals surface area contributed by atoms with Crippen molar-refractivity contribution in [2.24, 2.45) is 18.0 Å². The van der Waals surface area contributed by atoms with E-state index in [-0.39, 0.29) is 43.9 Å². The first kappa shape index (κ1) is 53.6. The van der Waals surface area contributed by atoms with Gasteiger partial charge in [-0.05, 0) is 32.8 Å². The SMILES string of the molecule is CCCCCCCCCCCCCCCC(=O)OCCOC(=O)C1=C(C)N=C(C)C(C(=O)OCCOC(=O)CCCCCCCCCCCCCCC)C1c1ccc[n+](C)c1. The number of hydrogen-bond acceptors (Lipinski definition) is 9. The molecular weight excluding hydrogens is 769 g/mol. The highest BCUT2D eigenvalue weighted by Gasteiger charge is 2.43. The third-order valence-corrected chi connectivity index (χ3v) is 11.8. The van der Waals surface area contributed by atoms with Crippen LogP contribution in [-0.4, -0.2) is 56.0 Å². The van der Waals surface area contributed by atoms with Crippen LogP contribution in [0.3, 0.4) is 0 Å². The second kappa shape index (κ2) is 35.0. The summed E-state index contributed by atoms with van der Waals surface area (Å²) in [5.74, 6) is -3.40. The molecule has 0 aromatic carbocycles. The van der Waals surface area contributed by atoms with E-state index in [9.17, 15) is 19.2 Å². The van der Waals surface area contributed by atoms with Crippen molar-refractivity contribution in [3.63, 3.8) is 0 Å². The molecular formula is C51H85N2O8+. The molecule has 10 nitrogen and oxygen atoms in total. The fraction of sp³-hybridized carbons (Fsp3) is 0.765. The third kappa shape index (κ3) is 24.6. The van der Waals surface area contributed by atoms with Gasteiger partial charge in [0.1, 0.15) is 39.4 Å². The van der Waals surface area contributed by atoms with Gasteiger partial charge < -0.3 is 18.9 Å². The largest absolute Gasteiger partial charge is 0.462 e. The second-order valence-electron chi connectivity index (χ2n) is 17.2. The molecule has 0 bridgehead atoms. The van der Waals surface area contributed by atoms with Crippen molar-refractivity contribution in [1.29, 1.82) is 0 Å². The van der Waals surface area contributed by atoms with Crippen molar-refractivity contribution >= 4 is 29.6 Å². The van der Waals surface area contributed by atoms with E-state index in [0.29, 0.717) is 24.3 Å². The molecule has 61 heavy (non-hydrogen) atoms. The van der Waals surface area contributed by atoms with Gasteiger partial charge in [0, 0.05) is 41.8 Å². The number of rotatable bonds is 37. The molecule has 346 valence electrons. The summed E-state index contributed by atoms with van der Waals surface area (Å²) < 4.78 is 23.9. The topological polar surface area (TPSA) is 121 Å². The fourth-order valence-electron chi connectivity index (χ4n) is 8.24. The number of ether oxygens (including phenoxy) is 4. The molecule has 2 unspecified atom stereocenters. The van der Waals surface area contributed by atoms with Crippen LogP contribution in [0.5, 0.6) is 0 Å². The number of allylic oxidation sites excluding steroid dienone is 1. The highest BCUT2D eigenvalue weighted by atomic mass is 16.6. The Hall–Kier alpha value is -3.56. The zero-order valence-electron chi connectivity index (χ0n) is 39.3. The molecule has 0 spiro atoms. The molecule has 1 aliphatic rings. The van der Waals surface area contributed by atoms with Crippen molar-refractivity contribution in [2.75, 3.05) is 26.4 Å². The summed E-state index contributed by atoms with van der Waals surface area (Å²) in [6.07, 6.45) is 36.6. The number of carbonyl (C=O) groups excluding carboxylic acids is 4. The lowest BCUT2D eigenvalue weighted by atomic mass is 9.76. The van der Waals surface area contributed by atoms with Crippen LogP contribution < -0.4 is 4.57 Å². The average Bonchev–Trinajstić information content (AvgIpc) is 3.24. The third-order valence-electron chi connectivity index (χ3n) is 11.8. The lowest BCUT2D eigenvalue weighted by Crippen LogP contribution is -2.38. The Morgan fingerprint density at radius 1 is 0.557 bits per heavy atom. The standard InChI is InChI=1S/C51H85N2O8/c1-6-8-10-12-14-16-18-20-22-24-26-28-30-34-45(54)58-37-39-60-50(56)47-42(3)52-43(4)48(49(47)44-33-32-36-53(5)41-44)51(57)61-40-38-59-46(55)35-31-29-27-25-23-21-19-17-15-13-11-9-7-2/h32-33,36,41,47,49H,6-31,34-35,37-40H2,1-5H3/q+1. The maximum absolute atomic E-state index is 13.7. The number of pyridine rings is 1. The van der Waals surface area contributed by atoms with Crippen LogP contribution in [0, 0.1) is 5.92 Å². The smallest absolute Gasteiger partial charge is 0.336 e. The first-order chi connectivity index (χ1) is 29.7. The Balaban J connectivity index is 1.72. The van der Waals surface area contributed by atoms with Crippen LogP contribution in [0.1, 0.15) is 219 Å². The van der Waals surface area contributed by atoms with Gasteiger partial charge in [-0.2, -0.15) is 0 Å². The number of unbranched alkanes of at least 4 members (excludes halogenated alkanes) is 24. The van der Waals surface area contributed by atoms with Crippen LogP contribution in [0.2, 0.25) is 0 Å². The number of aromatic nitrogens is 1. The van der Waals surface area contributed by atoms with Gasteiger partial charge in [-0.25, -0.2) is 9.36 Å². The lowest BCUT2D eigenvalue weighted by Gasteiger charge is -2.30. The van der Waals surface area contributed by atoms with E-state index < -0.39 is 23.8 Å². The molecule has 1 aromatic rings. The van der Waals surface area contributed by atoms with Gasteiger partial charge in [0.05, 0.1) is 5.57 Å². The lowest BCUT2D eigenvalue weighted by molar-refractivity contribution is -0.672. The maximum atomic E-state index is 13.7. The second-order valence-corrected chi connectivity index (χ2v) is 17.2. The minimum atomic E-state index is -0.895. The van der Waals surface area contributed by atoms with Crippen molar-refractivity contribution in [3.8, 4) is 0 Å². The number of carbonyl (C=O) groups is 4. The number of nitrogens with zero attached hydrogens (tertiary/aromatic N) is 2. The van der Waals surface area contributed by atoms with E-state index in [0.717, 1.165) is 44.1 Å². The maximum Gasteiger partial charge on any atom is 0.336 e. The Morgan fingerprint density at radius 3 is 1.38 bits per heavy atom. The predicted molar refractivity (Wildman–Crippen MR) is 244 cm³/mol. The minimum Gasteiger partial charge on any atom is -0.462 e. The zero-order valence-corrected chi connectivity index (χ0v) is 39.3. The Morgan fingerprint density at radius 2 is 0.951 bits per heavy atom. The van der Waals surface area contributed by atoms with E-state index in [2.05, 4.69) is 18.8 Å². The van der Waals surface area contributed by atoms with Crippen LogP contribution >= 0.6 is 0 Å². The first-order valence-corrected chi connectivity index (χ1v) is 24.6. The van der Waals surface area contributed by atoms with E-state index >= 15 is 0 Å². The van der Waals surface area contributed by atoms with Gasteiger partial charge in [-0.15, -0.1) is 0 Å². The number of aliphatic imine (C=N–C) groups is 1. The van der Waals surface area contributed by atoms with Crippen molar-refractivity contribution in [3.05, 3.63) is 41.4 Å². The van der Waals surface area contributed by atoms with Crippen LogP contribution in [0.15, 0.2) is 40.8 Å². The van der Waals surface area contributed by atoms with Crippen molar-refractivity contribution in [2.45, 2.75) is 213 Å². The summed E-state index contributed by atoms with van der Waals surface area (Å²) in [5, 5.41) is 0. The van der Waals surface area contributed by atoms with Gasteiger partial charge in [0.15, 0.2) is 12.4 Å². The van der Waals surface area contributed by atoms with Crippen LogP contribution in [0.4, 0.5) is 0 Å². The van der Waals surface area contributed by atoms with Crippen LogP contribution in [0.25, 0.3) is 0 Å². The molecule has 2 rings (SSSR count). The molecule has 0 N–H and O–H groups in total. The summed E-state index contributed by atoms with van der Waals surface area (Å²) in [5.41, 5.74) is 1.93. The van der Waals surface area contributed by atoms with E-state index in [1.54, 1.807) is 13.8 Å². The summed E-state index contributed by atoms with van der Waals surface area (Å²) in [7, 11) is 1.87. The van der Waals surface area contributed by atoms with E-state index in [1.807, 2.05) is 36.1 Å². The molecule has 0 aliphatic carbocycles. The van der Waals surface area contributed by atoms with Gasteiger partial charge in [0.2, 0.25) is 0 Å². The minimum absolute atomic E-state index is 0.0429. The molecule has 2 heterocycles. The van der Waals surface area contributed by atoms with E-state index in [1.165, 1.54) is 128 Å². The molecule has 0 amide bonds. The number of esters is 4. The molecule has 1 aromatic heterocycles. The Labute approximate surface area is 370 Å². The summed E-state index contributed by atoms with van der Waals surface area (Å²) in [6.45, 7) is 7.67. The highest BCUT2D eigenvalue weighted by molar-refractivity contribution is 6.07. The molecule has 1 aliphatic heterocycles. The molecule has 0 radical (unpaired) electrons. The summed E-state index contributed by atoms with van der Waals surface area (Å²) in [6, 6.07) is 3.71. The Kier molecular flexibility index (Phi) is 30.7. The molecule has 10 heteroatoms. The molecule has 0 fully saturated rings. The Bertz CT molecular complexity index is 1440. The monoisotopic (exact) mass is 854 g/mol. The van der Waals surface area contributed by atoms with Crippen molar-refractivity contribution < 1.29 is 42.7 Å². The predicted octanol–water partition coefficient (Wildman–Crippen LogP) is 12.1. The van der Waals surface area contributed by atoms with Crippen molar-refractivity contribution in [1.82, 2.24) is 0 Å². The highest BCUT2D eigenvalue weighted by Crippen LogP contribution is 2.39. The molecule has 0 saturated heterocycles. The van der Waals surface area contributed by atoms with Gasteiger partial charge in [0.25, 0.3) is 0 Å². The number of hydrogen-bond donors (Lipinski definition) is 0.